The lowest BCUT2D eigenvalue weighted by molar-refractivity contribution is -0.00437. The van der Waals surface area contributed by atoms with Crippen molar-refractivity contribution < 1.29 is 14.3 Å². The second-order valence-corrected chi connectivity index (χ2v) is 8.25. The molecule has 4 fully saturated rings. The number of carbonyl (C=O) groups is 1. The van der Waals surface area contributed by atoms with Gasteiger partial charge in [-0.15, -0.1) is 0 Å². The zero-order valence-corrected chi connectivity index (χ0v) is 15.7. The van der Waals surface area contributed by atoms with Crippen LogP contribution < -0.4 is 0 Å². The van der Waals surface area contributed by atoms with E-state index in [1.807, 2.05) is 0 Å². The molecule has 0 aliphatic carbocycles. The van der Waals surface area contributed by atoms with Crippen LogP contribution in [0.4, 0.5) is 0 Å². The molecule has 0 radical (unpaired) electrons. The molecular weight excluding hydrogens is 340 g/mol. The lowest BCUT2D eigenvalue weighted by Crippen LogP contribution is -2.60. The highest BCUT2D eigenvalue weighted by molar-refractivity contribution is 5.92. The zero-order valence-electron chi connectivity index (χ0n) is 15.7. The van der Waals surface area contributed by atoms with Gasteiger partial charge in [-0.3, -0.25) is 9.69 Å². The molecule has 2 aromatic rings. The van der Waals surface area contributed by atoms with Crippen LogP contribution in [0.3, 0.4) is 0 Å². The van der Waals surface area contributed by atoms with Gasteiger partial charge in [0.2, 0.25) is 0 Å². The molecule has 6 rings (SSSR count). The number of furan rings is 1. The second-order valence-electron chi connectivity index (χ2n) is 8.25. The minimum atomic E-state index is -0.179. The summed E-state index contributed by atoms with van der Waals surface area (Å²) in [7, 11) is 0. The predicted molar refractivity (Wildman–Crippen MR) is 101 cm³/mol. The smallest absolute Gasteiger partial charge is 0.289 e. The Bertz CT molecular complexity index is 835. The Morgan fingerprint density at radius 1 is 1.11 bits per heavy atom. The summed E-state index contributed by atoms with van der Waals surface area (Å²) in [6, 6.07) is 12.8. The Morgan fingerprint density at radius 3 is 2.52 bits per heavy atom. The van der Waals surface area contributed by atoms with Crippen LogP contribution in [0.2, 0.25) is 0 Å². The fourth-order valence-corrected chi connectivity index (χ4v) is 5.48. The maximum atomic E-state index is 13.3. The first-order valence-electron chi connectivity index (χ1n) is 9.97. The quantitative estimate of drug-likeness (QED) is 0.908. The Morgan fingerprint density at radius 2 is 1.85 bits per heavy atom. The molecule has 1 aromatic heterocycles. The van der Waals surface area contributed by atoms with Crippen LogP contribution in [0.5, 0.6) is 0 Å². The summed E-state index contributed by atoms with van der Waals surface area (Å²) < 4.78 is 5.57. The van der Waals surface area contributed by atoms with Crippen LogP contribution in [0.1, 0.15) is 46.2 Å². The number of carbonyl (C=O) groups excluding carboxylic acids is 1. The summed E-state index contributed by atoms with van der Waals surface area (Å²) in [5.74, 6) is 1.67. The maximum absolute atomic E-state index is 13.3. The van der Waals surface area contributed by atoms with Crippen molar-refractivity contribution in [3.8, 4) is 0 Å². The standard InChI is InChI=1S/C22H26N2O3/c1-14-2-4-15(5-3-14)18-12-24(22(26)19-7-6-17(13-25)27-19)20-16-8-10-23(11-9-16)21(18)20/h2-7,16,18,20-21,25H,8-13H2,1H3/t18-,20-,21-/m1/s1. The third-order valence-electron chi connectivity index (χ3n) is 6.79. The average molecular weight is 366 g/mol. The Kier molecular flexibility index (Phi) is 4.10. The molecule has 0 unspecified atom stereocenters. The van der Waals surface area contributed by atoms with E-state index >= 15 is 0 Å². The lowest BCUT2D eigenvalue weighted by atomic mass is 9.75. The van der Waals surface area contributed by atoms with Crippen LogP contribution in [0.25, 0.3) is 0 Å². The highest BCUT2D eigenvalue weighted by atomic mass is 16.4. The van der Waals surface area contributed by atoms with Crippen molar-refractivity contribution in [1.29, 1.82) is 0 Å². The third kappa shape index (κ3) is 2.72. The monoisotopic (exact) mass is 366 g/mol. The zero-order chi connectivity index (χ0) is 18.5. The summed E-state index contributed by atoms with van der Waals surface area (Å²) in [4.78, 5) is 17.9. The van der Waals surface area contributed by atoms with Crippen molar-refractivity contribution in [2.75, 3.05) is 19.6 Å². The number of piperidine rings is 3. The van der Waals surface area contributed by atoms with Crippen LogP contribution in [-0.4, -0.2) is 52.5 Å². The molecule has 1 N–H and O–H groups in total. The van der Waals surface area contributed by atoms with E-state index in [-0.39, 0.29) is 18.6 Å². The Hall–Kier alpha value is -2.11. The first-order chi connectivity index (χ1) is 13.2. The minimum absolute atomic E-state index is 0.0342. The molecule has 27 heavy (non-hydrogen) atoms. The lowest BCUT2D eigenvalue weighted by Gasteiger charge is -2.51. The normalized spacial score (nSPS) is 31.9. The SMILES string of the molecule is Cc1ccc([C@H]2CN(C(=O)c3ccc(CO)o3)[C@@H]3C4CCN(CC4)[C@H]23)cc1. The molecular formula is C22H26N2O3. The third-order valence-corrected chi connectivity index (χ3v) is 6.79. The summed E-state index contributed by atoms with van der Waals surface area (Å²) in [6.45, 7) is 4.96. The molecule has 1 amide bonds. The largest absolute Gasteiger partial charge is 0.453 e. The minimum Gasteiger partial charge on any atom is -0.453 e. The van der Waals surface area contributed by atoms with Crippen molar-refractivity contribution in [3.05, 3.63) is 59.0 Å². The van der Waals surface area contributed by atoms with E-state index in [2.05, 4.69) is 41.0 Å². The first kappa shape index (κ1) is 17.0. The number of benzene rings is 1. The summed E-state index contributed by atoms with van der Waals surface area (Å²) in [5, 5.41) is 9.26. The number of hydrogen-bond donors (Lipinski definition) is 1. The van der Waals surface area contributed by atoms with Crippen molar-refractivity contribution >= 4 is 5.91 Å². The number of nitrogens with zero attached hydrogens (tertiary/aromatic N) is 2. The summed E-state index contributed by atoms with van der Waals surface area (Å²) in [5.41, 5.74) is 2.59. The molecule has 5 heterocycles. The van der Waals surface area contributed by atoms with Gasteiger partial charge in [0.1, 0.15) is 12.4 Å². The van der Waals surface area contributed by atoms with Crippen molar-refractivity contribution in [2.24, 2.45) is 5.92 Å². The first-order valence-corrected chi connectivity index (χ1v) is 9.97. The van der Waals surface area contributed by atoms with E-state index in [4.69, 9.17) is 4.42 Å². The van der Waals surface area contributed by atoms with Crippen LogP contribution in [0, 0.1) is 12.8 Å². The fraction of sp³-hybridized carbons (Fsp3) is 0.500. The Labute approximate surface area is 159 Å². The molecule has 5 heteroatoms. The van der Waals surface area contributed by atoms with E-state index in [0.717, 1.165) is 19.6 Å². The number of likely N-dealkylation sites (tertiary alicyclic amines) is 1. The van der Waals surface area contributed by atoms with Crippen LogP contribution in [-0.2, 0) is 6.61 Å². The summed E-state index contributed by atoms with van der Waals surface area (Å²) >= 11 is 0. The van der Waals surface area contributed by atoms with E-state index < -0.39 is 0 Å². The van der Waals surface area contributed by atoms with Crippen molar-refractivity contribution in [2.45, 2.75) is 44.4 Å². The van der Waals surface area contributed by atoms with Gasteiger partial charge in [0.05, 0.1) is 6.04 Å². The fourth-order valence-electron chi connectivity index (χ4n) is 5.48. The van der Waals surface area contributed by atoms with E-state index in [0.29, 0.717) is 29.4 Å². The predicted octanol–water partition coefficient (Wildman–Crippen LogP) is 2.78. The van der Waals surface area contributed by atoms with Gasteiger partial charge >= 0.3 is 0 Å². The number of aryl methyl sites for hydroxylation is 1. The second kappa shape index (κ2) is 6.50. The molecule has 2 bridgehead atoms. The molecule has 1 aromatic carbocycles. The van der Waals surface area contributed by atoms with E-state index in [9.17, 15) is 9.90 Å². The van der Waals surface area contributed by atoms with Gasteiger partial charge < -0.3 is 14.4 Å². The van der Waals surface area contributed by atoms with Gasteiger partial charge in [-0.1, -0.05) is 29.8 Å². The molecule has 0 saturated carbocycles. The molecule has 4 aliphatic heterocycles. The van der Waals surface area contributed by atoms with E-state index in [1.165, 1.54) is 24.0 Å². The highest BCUT2D eigenvalue weighted by Crippen LogP contribution is 2.47. The number of hydrogen-bond acceptors (Lipinski definition) is 4. The molecule has 142 valence electrons. The van der Waals surface area contributed by atoms with Crippen LogP contribution >= 0.6 is 0 Å². The molecule has 3 atom stereocenters. The van der Waals surface area contributed by atoms with Crippen molar-refractivity contribution in [1.82, 2.24) is 9.80 Å². The number of aliphatic hydroxyl groups excluding tert-OH is 1. The number of amides is 1. The maximum Gasteiger partial charge on any atom is 0.289 e. The van der Waals surface area contributed by atoms with Gasteiger partial charge in [-0.25, -0.2) is 0 Å². The number of rotatable bonds is 3. The van der Waals surface area contributed by atoms with E-state index in [1.54, 1.807) is 12.1 Å². The van der Waals surface area contributed by atoms with Gasteiger partial charge in [0.15, 0.2) is 5.76 Å². The number of fused-ring (bicyclic) bond motifs is 2. The van der Waals surface area contributed by atoms with Crippen LogP contribution in [0.15, 0.2) is 40.8 Å². The van der Waals surface area contributed by atoms with Gasteiger partial charge in [-0.2, -0.15) is 0 Å². The highest BCUT2D eigenvalue weighted by Gasteiger charge is 2.54. The van der Waals surface area contributed by atoms with Gasteiger partial charge in [0, 0.05) is 18.5 Å². The average Bonchev–Trinajstić information content (AvgIpc) is 3.35. The van der Waals surface area contributed by atoms with Crippen molar-refractivity contribution in [3.63, 3.8) is 0 Å². The molecule has 0 spiro atoms. The van der Waals surface area contributed by atoms with Gasteiger partial charge in [0.25, 0.3) is 5.91 Å². The Balaban J connectivity index is 1.50. The number of aliphatic hydroxyl groups is 1. The molecule has 4 saturated heterocycles. The van der Waals surface area contributed by atoms with Gasteiger partial charge in [-0.05, 0) is 56.5 Å². The molecule has 4 aliphatic rings. The summed E-state index contributed by atoms with van der Waals surface area (Å²) in [6.07, 6.45) is 2.34. The molecule has 5 nitrogen and oxygen atoms in total. The topological polar surface area (TPSA) is 56.9 Å².